The van der Waals surface area contributed by atoms with Gasteiger partial charge < -0.3 is 20.3 Å². The first-order valence-corrected chi connectivity index (χ1v) is 6.07. The van der Waals surface area contributed by atoms with E-state index in [2.05, 4.69) is 5.32 Å². The third kappa shape index (κ3) is 7.11. The van der Waals surface area contributed by atoms with Gasteiger partial charge in [0.05, 0.1) is 6.04 Å². The predicted octanol–water partition coefficient (Wildman–Crippen LogP) is 1.52. The summed E-state index contributed by atoms with van der Waals surface area (Å²) in [5, 5.41) is 20.6. The van der Waals surface area contributed by atoms with E-state index in [0.717, 1.165) is 6.42 Å². The maximum atomic E-state index is 11.5. The molecule has 0 aromatic carbocycles. The molecule has 0 aliphatic rings. The van der Waals surface area contributed by atoms with Crippen LogP contribution in [-0.4, -0.2) is 40.0 Å². The van der Waals surface area contributed by atoms with Crippen LogP contribution in [0.3, 0.4) is 0 Å². The molecule has 0 fully saturated rings. The molecule has 106 valence electrons. The number of aliphatic carboxylic acids is 1. The van der Waals surface area contributed by atoms with Gasteiger partial charge in [0.15, 0.2) is 6.10 Å². The van der Waals surface area contributed by atoms with Gasteiger partial charge in [0.25, 0.3) is 0 Å². The summed E-state index contributed by atoms with van der Waals surface area (Å²) in [6.45, 7) is 7.07. The molecule has 0 aliphatic carbocycles. The third-order valence-corrected chi connectivity index (χ3v) is 2.20. The molecule has 2 atom stereocenters. The molecular formula is C12H23NO5. The molecule has 18 heavy (non-hydrogen) atoms. The first-order chi connectivity index (χ1) is 8.17. The van der Waals surface area contributed by atoms with E-state index in [0.29, 0.717) is 12.8 Å². The predicted molar refractivity (Wildman–Crippen MR) is 66.3 cm³/mol. The molecule has 0 unspecified atom stereocenters. The molecule has 1 amide bonds. The number of alkyl carbamates (subject to hydrolysis) is 1. The Morgan fingerprint density at radius 1 is 1.33 bits per heavy atom. The highest BCUT2D eigenvalue weighted by Gasteiger charge is 2.28. The number of aliphatic hydroxyl groups is 1. The maximum Gasteiger partial charge on any atom is 0.407 e. The van der Waals surface area contributed by atoms with Gasteiger partial charge in [0.2, 0.25) is 0 Å². The number of carboxylic acid groups (broad SMARTS) is 1. The lowest BCUT2D eigenvalue weighted by molar-refractivity contribution is -0.148. The van der Waals surface area contributed by atoms with Crippen molar-refractivity contribution in [3.05, 3.63) is 0 Å². The zero-order valence-corrected chi connectivity index (χ0v) is 11.4. The summed E-state index contributed by atoms with van der Waals surface area (Å²) in [4.78, 5) is 22.3. The number of carboxylic acids is 1. The Bertz CT molecular complexity index is 285. The van der Waals surface area contributed by atoms with Gasteiger partial charge >= 0.3 is 12.1 Å². The number of hydrogen-bond donors (Lipinski definition) is 3. The average Bonchev–Trinajstić information content (AvgIpc) is 2.20. The van der Waals surface area contributed by atoms with Gasteiger partial charge in [-0.25, -0.2) is 9.59 Å². The Hall–Kier alpha value is -1.30. The van der Waals surface area contributed by atoms with Crippen molar-refractivity contribution in [2.75, 3.05) is 0 Å². The summed E-state index contributed by atoms with van der Waals surface area (Å²) in [5.74, 6) is -1.35. The van der Waals surface area contributed by atoms with E-state index in [1.54, 1.807) is 20.8 Å². The Morgan fingerprint density at radius 3 is 2.28 bits per heavy atom. The summed E-state index contributed by atoms with van der Waals surface area (Å²) in [7, 11) is 0. The molecule has 0 saturated carbocycles. The number of hydrogen-bond acceptors (Lipinski definition) is 4. The van der Waals surface area contributed by atoms with E-state index in [9.17, 15) is 14.7 Å². The lowest BCUT2D eigenvalue weighted by Crippen LogP contribution is -2.48. The lowest BCUT2D eigenvalue weighted by Gasteiger charge is -2.25. The van der Waals surface area contributed by atoms with E-state index < -0.39 is 29.8 Å². The molecule has 6 heteroatoms. The van der Waals surface area contributed by atoms with Gasteiger partial charge in [-0.05, 0) is 27.2 Å². The largest absolute Gasteiger partial charge is 0.479 e. The van der Waals surface area contributed by atoms with Crippen molar-refractivity contribution in [1.29, 1.82) is 0 Å². The molecule has 0 heterocycles. The quantitative estimate of drug-likeness (QED) is 0.673. The highest BCUT2D eigenvalue weighted by molar-refractivity contribution is 5.75. The molecule has 0 bridgehead atoms. The molecule has 3 N–H and O–H groups in total. The second-order valence-electron chi connectivity index (χ2n) is 5.18. The summed E-state index contributed by atoms with van der Waals surface area (Å²) in [5.41, 5.74) is -0.659. The van der Waals surface area contributed by atoms with Crippen LogP contribution in [0.2, 0.25) is 0 Å². The van der Waals surface area contributed by atoms with Crippen LogP contribution in [0.1, 0.15) is 47.0 Å². The number of ether oxygens (including phenoxy) is 1. The van der Waals surface area contributed by atoms with Gasteiger partial charge in [-0.1, -0.05) is 19.8 Å². The minimum atomic E-state index is -1.62. The molecule has 0 saturated heterocycles. The van der Waals surface area contributed by atoms with Crippen LogP contribution in [-0.2, 0) is 9.53 Å². The fourth-order valence-electron chi connectivity index (χ4n) is 1.36. The molecule has 0 spiro atoms. The van der Waals surface area contributed by atoms with Gasteiger partial charge in [-0.15, -0.1) is 0 Å². The van der Waals surface area contributed by atoms with Crippen LogP contribution in [0.5, 0.6) is 0 Å². The Balaban J connectivity index is 4.49. The molecule has 6 nitrogen and oxygen atoms in total. The second-order valence-corrected chi connectivity index (χ2v) is 5.18. The minimum Gasteiger partial charge on any atom is -0.479 e. The lowest BCUT2D eigenvalue weighted by atomic mass is 10.0. The van der Waals surface area contributed by atoms with Gasteiger partial charge in [0, 0.05) is 0 Å². The van der Waals surface area contributed by atoms with Crippen molar-refractivity contribution in [3.8, 4) is 0 Å². The highest BCUT2D eigenvalue weighted by Crippen LogP contribution is 2.10. The topological polar surface area (TPSA) is 95.9 Å². The minimum absolute atomic E-state index is 0.392. The van der Waals surface area contributed by atoms with Crippen LogP contribution in [0.15, 0.2) is 0 Å². The van der Waals surface area contributed by atoms with Gasteiger partial charge in [-0.3, -0.25) is 0 Å². The molecule has 0 radical (unpaired) electrons. The normalized spacial score (nSPS) is 14.7. The molecular weight excluding hydrogens is 238 g/mol. The maximum absolute atomic E-state index is 11.5. The monoisotopic (exact) mass is 261 g/mol. The Labute approximate surface area is 107 Å². The van der Waals surface area contributed by atoms with E-state index in [4.69, 9.17) is 9.84 Å². The van der Waals surface area contributed by atoms with Crippen molar-refractivity contribution in [3.63, 3.8) is 0 Å². The summed E-state index contributed by atoms with van der Waals surface area (Å²) in [6.07, 6.45) is -0.389. The number of unbranched alkanes of at least 4 members (excludes halogenated alkanes) is 1. The number of carbonyl (C=O) groups excluding carboxylic acids is 1. The fraction of sp³-hybridized carbons (Fsp3) is 0.833. The standard InChI is InChI=1S/C12H23NO5/c1-5-6-7-8(9(14)10(15)16)13-11(17)18-12(2,3)4/h8-9,14H,5-7H2,1-4H3,(H,13,17)(H,15,16)/t8-,9+/m1/s1. The van der Waals surface area contributed by atoms with Gasteiger partial charge in [-0.2, -0.15) is 0 Å². The van der Waals surface area contributed by atoms with Gasteiger partial charge in [0.1, 0.15) is 5.60 Å². The molecule has 0 aromatic rings. The summed E-state index contributed by atoms with van der Waals surface area (Å²) >= 11 is 0. The molecule has 0 rings (SSSR count). The Morgan fingerprint density at radius 2 is 1.89 bits per heavy atom. The number of nitrogens with one attached hydrogen (secondary N) is 1. The van der Waals surface area contributed by atoms with Crippen molar-refractivity contribution in [2.24, 2.45) is 0 Å². The van der Waals surface area contributed by atoms with Crippen LogP contribution in [0, 0.1) is 0 Å². The van der Waals surface area contributed by atoms with Crippen molar-refractivity contribution >= 4 is 12.1 Å². The Kier molecular flexibility index (Phi) is 6.68. The number of aliphatic hydroxyl groups excluding tert-OH is 1. The van der Waals surface area contributed by atoms with E-state index in [-0.39, 0.29) is 0 Å². The van der Waals surface area contributed by atoms with Crippen LogP contribution in [0.25, 0.3) is 0 Å². The van der Waals surface area contributed by atoms with Crippen LogP contribution < -0.4 is 5.32 Å². The second kappa shape index (κ2) is 7.20. The van der Waals surface area contributed by atoms with E-state index in [1.165, 1.54) is 0 Å². The van der Waals surface area contributed by atoms with Crippen LogP contribution >= 0.6 is 0 Å². The highest BCUT2D eigenvalue weighted by atomic mass is 16.6. The number of rotatable bonds is 6. The molecule has 0 aromatic heterocycles. The zero-order chi connectivity index (χ0) is 14.3. The zero-order valence-electron chi connectivity index (χ0n) is 11.4. The van der Waals surface area contributed by atoms with Crippen LogP contribution in [0.4, 0.5) is 4.79 Å². The number of carbonyl (C=O) groups is 2. The third-order valence-electron chi connectivity index (χ3n) is 2.20. The first kappa shape index (κ1) is 16.7. The summed E-state index contributed by atoms with van der Waals surface area (Å²) in [6, 6.07) is -0.836. The average molecular weight is 261 g/mol. The summed E-state index contributed by atoms with van der Waals surface area (Å²) < 4.78 is 5.02. The smallest absolute Gasteiger partial charge is 0.407 e. The number of amides is 1. The van der Waals surface area contributed by atoms with Crippen molar-refractivity contribution in [1.82, 2.24) is 5.32 Å². The van der Waals surface area contributed by atoms with E-state index >= 15 is 0 Å². The van der Waals surface area contributed by atoms with Crippen molar-refractivity contribution < 1.29 is 24.5 Å². The SMILES string of the molecule is CCCC[C@@H](NC(=O)OC(C)(C)C)[C@H](O)C(=O)O. The van der Waals surface area contributed by atoms with E-state index in [1.807, 2.05) is 6.92 Å². The van der Waals surface area contributed by atoms with Crippen molar-refractivity contribution in [2.45, 2.75) is 64.7 Å². The first-order valence-electron chi connectivity index (χ1n) is 6.07. The molecule has 0 aliphatic heterocycles. The fourth-order valence-corrected chi connectivity index (χ4v) is 1.36.